The summed E-state index contributed by atoms with van der Waals surface area (Å²) >= 11 is 5.75. The minimum atomic E-state index is -0.402. The minimum absolute atomic E-state index is 0.0520. The molecule has 0 radical (unpaired) electrons. The smallest absolute Gasteiger partial charge is 0.344 e. The lowest BCUT2D eigenvalue weighted by molar-refractivity contribution is -0.145. The average molecular weight is 745 g/mol. The maximum absolute atomic E-state index is 13.1. The summed E-state index contributed by atoms with van der Waals surface area (Å²) in [6.07, 6.45) is 5.68. The fourth-order valence-corrected chi connectivity index (χ4v) is 7.35. The van der Waals surface area contributed by atoms with Crippen molar-refractivity contribution in [3.8, 4) is 5.75 Å². The Morgan fingerprint density at radius 3 is 2.38 bits per heavy atom. The number of thioether (sulfide) groups is 1. The van der Waals surface area contributed by atoms with Crippen LogP contribution in [0, 0.1) is 7.14 Å². The van der Waals surface area contributed by atoms with Crippen LogP contribution in [0.4, 0.5) is 11.4 Å². The Balaban J connectivity index is 1.50. The Bertz CT molecular complexity index is 1190. The van der Waals surface area contributed by atoms with E-state index in [0.29, 0.717) is 29.0 Å². The number of piperidine rings is 1. The van der Waals surface area contributed by atoms with Crippen molar-refractivity contribution >= 4 is 91.4 Å². The van der Waals surface area contributed by atoms with Crippen molar-refractivity contribution in [2.45, 2.75) is 33.1 Å². The maximum atomic E-state index is 13.1. The number of aliphatic imine (C=N–C) groups is 1. The van der Waals surface area contributed by atoms with Gasteiger partial charge in [-0.15, -0.1) is 0 Å². The zero-order chi connectivity index (χ0) is 26.4. The highest BCUT2D eigenvalue weighted by atomic mass is 127. The lowest BCUT2D eigenvalue weighted by atomic mass is 10.1. The second kappa shape index (κ2) is 13.3. The Kier molecular flexibility index (Phi) is 10.2. The lowest BCUT2D eigenvalue weighted by Crippen LogP contribution is -2.29. The molecule has 196 valence electrons. The van der Waals surface area contributed by atoms with Crippen molar-refractivity contribution in [3.05, 3.63) is 54.0 Å². The molecule has 2 aliphatic rings. The van der Waals surface area contributed by atoms with Gasteiger partial charge in [-0.05, 0) is 138 Å². The van der Waals surface area contributed by atoms with Gasteiger partial charge in [0.25, 0.3) is 5.91 Å². The van der Waals surface area contributed by atoms with Crippen LogP contribution in [0.3, 0.4) is 0 Å². The van der Waals surface area contributed by atoms with E-state index in [1.165, 1.54) is 36.7 Å². The van der Waals surface area contributed by atoms with E-state index in [9.17, 15) is 9.59 Å². The molecule has 0 saturated carbocycles. The van der Waals surface area contributed by atoms with Gasteiger partial charge in [0.2, 0.25) is 0 Å². The molecule has 2 aromatic carbocycles. The van der Waals surface area contributed by atoms with Gasteiger partial charge in [-0.25, -0.2) is 9.79 Å². The van der Waals surface area contributed by atoms with Crippen molar-refractivity contribution in [2.75, 3.05) is 37.7 Å². The normalized spacial score (nSPS) is 18.1. The van der Waals surface area contributed by atoms with Gasteiger partial charge >= 0.3 is 5.97 Å². The van der Waals surface area contributed by atoms with Crippen LogP contribution in [0.2, 0.25) is 0 Å². The summed E-state index contributed by atoms with van der Waals surface area (Å²) in [7, 11) is 0. The number of amidine groups is 1. The Morgan fingerprint density at radius 2 is 1.76 bits per heavy atom. The Morgan fingerprint density at radius 1 is 1.08 bits per heavy atom. The van der Waals surface area contributed by atoms with Gasteiger partial charge in [-0.1, -0.05) is 0 Å². The first-order valence-corrected chi connectivity index (χ1v) is 15.3. The number of hydrogen-bond acceptors (Lipinski definition) is 7. The first-order valence-electron chi connectivity index (χ1n) is 12.3. The maximum Gasteiger partial charge on any atom is 0.344 e. The predicted molar refractivity (Wildman–Crippen MR) is 167 cm³/mol. The van der Waals surface area contributed by atoms with Crippen LogP contribution in [0.1, 0.15) is 38.7 Å². The summed E-state index contributed by atoms with van der Waals surface area (Å²) in [5.41, 5.74) is 2.95. The molecule has 0 N–H and O–H groups in total. The summed E-state index contributed by atoms with van der Waals surface area (Å²) < 4.78 is 12.3. The number of rotatable bonds is 8. The van der Waals surface area contributed by atoms with Gasteiger partial charge in [-0.2, -0.15) is 0 Å². The third kappa shape index (κ3) is 7.20. The number of amides is 1. The molecule has 37 heavy (non-hydrogen) atoms. The minimum Gasteiger partial charge on any atom is -0.480 e. The summed E-state index contributed by atoms with van der Waals surface area (Å²) in [5, 5.41) is 0.684. The molecule has 0 unspecified atom stereocenters. The van der Waals surface area contributed by atoms with E-state index in [0.717, 1.165) is 31.5 Å². The summed E-state index contributed by atoms with van der Waals surface area (Å²) in [6, 6.07) is 12.2. The fourth-order valence-electron chi connectivity index (χ4n) is 4.16. The molecule has 0 aromatic heterocycles. The van der Waals surface area contributed by atoms with Crippen molar-refractivity contribution in [1.29, 1.82) is 0 Å². The van der Waals surface area contributed by atoms with E-state index in [2.05, 4.69) is 62.2 Å². The van der Waals surface area contributed by atoms with Gasteiger partial charge in [0.15, 0.2) is 11.8 Å². The van der Waals surface area contributed by atoms with Crippen LogP contribution >= 0.6 is 56.9 Å². The first kappa shape index (κ1) is 28.2. The van der Waals surface area contributed by atoms with Gasteiger partial charge < -0.3 is 14.4 Å². The molecule has 10 heteroatoms. The monoisotopic (exact) mass is 745 g/mol. The lowest BCUT2D eigenvalue weighted by Gasteiger charge is -2.28. The van der Waals surface area contributed by atoms with Gasteiger partial charge in [0.05, 0.1) is 24.3 Å². The molecule has 1 amide bonds. The van der Waals surface area contributed by atoms with Gasteiger partial charge in [0.1, 0.15) is 5.75 Å². The van der Waals surface area contributed by atoms with Gasteiger partial charge in [-0.3, -0.25) is 9.69 Å². The van der Waals surface area contributed by atoms with E-state index >= 15 is 0 Å². The van der Waals surface area contributed by atoms with E-state index in [-0.39, 0.29) is 12.5 Å². The van der Waals surface area contributed by atoms with Crippen LogP contribution < -0.4 is 9.64 Å². The number of benzene rings is 2. The van der Waals surface area contributed by atoms with Crippen LogP contribution in [0.5, 0.6) is 5.75 Å². The molecule has 2 aliphatic heterocycles. The fraction of sp³-hybridized carbons (Fsp3) is 0.370. The van der Waals surface area contributed by atoms with E-state index in [1.54, 1.807) is 11.8 Å². The highest BCUT2D eigenvalue weighted by Crippen LogP contribution is 2.36. The first-order chi connectivity index (χ1) is 17.9. The topological polar surface area (TPSA) is 71.4 Å². The van der Waals surface area contributed by atoms with E-state index < -0.39 is 5.97 Å². The highest BCUT2D eigenvalue weighted by molar-refractivity contribution is 14.1. The zero-order valence-corrected chi connectivity index (χ0v) is 26.0. The number of ether oxygens (including phenoxy) is 2. The van der Waals surface area contributed by atoms with E-state index in [1.807, 2.05) is 37.3 Å². The third-order valence-electron chi connectivity index (χ3n) is 5.96. The summed E-state index contributed by atoms with van der Waals surface area (Å²) in [5.74, 6) is 0.178. The zero-order valence-electron chi connectivity index (χ0n) is 20.8. The molecule has 2 saturated heterocycles. The molecule has 0 atom stereocenters. The quantitative estimate of drug-likeness (QED) is 0.176. The molecule has 0 spiro atoms. The van der Waals surface area contributed by atoms with Gasteiger partial charge in [0, 0.05) is 25.3 Å². The number of carbonyl (C=O) groups excluding carboxylic acids is 2. The summed E-state index contributed by atoms with van der Waals surface area (Å²) in [4.78, 5) is 34.4. The molecule has 2 aromatic rings. The SMILES string of the molecule is CCOC(=O)COc1c(I)cc(/C=C2\SC(=Nc3ccc(N4CCCCC4)cc3)N(CC)C2=O)cc1I. The highest BCUT2D eigenvalue weighted by Gasteiger charge is 2.32. The molecule has 0 bridgehead atoms. The summed E-state index contributed by atoms with van der Waals surface area (Å²) in [6.45, 7) is 6.65. The molecule has 2 fully saturated rings. The van der Waals surface area contributed by atoms with Crippen molar-refractivity contribution in [3.63, 3.8) is 0 Å². The molecule has 4 rings (SSSR count). The number of carbonyl (C=O) groups is 2. The number of likely N-dealkylation sites (N-methyl/N-ethyl adjacent to an activating group) is 1. The predicted octanol–water partition coefficient (Wildman–Crippen LogP) is 6.45. The van der Waals surface area contributed by atoms with Crippen LogP contribution in [-0.4, -0.2) is 54.8 Å². The second-order valence-electron chi connectivity index (χ2n) is 8.53. The standard InChI is InChI=1S/C27H29I2N3O4S/c1-3-32-26(34)23(16-18-14-21(28)25(22(29)15-18)36-17-24(33)35-4-2)37-27(32)30-19-8-10-20(11-9-19)31-12-6-5-7-13-31/h8-11,14-16H,3-7,12-13,17H2,1-2H3/b23-16-,30-27?. The van der Waals surface area contributed by atoms with E-state index in [4.69, 9.17) is 14.5 Å². The molecular formula is C27H29I2N3O4S. The van der Waals surface area contributed by atoms with Crippen LogP contribution in [0.15, 0.2) is 46.3 Å². The molecular weight excluding hydrogens is 716 g/mol. The largest absolute Gasteiger partial charge is 0.480 e. The molecule has 2 heterocycles. The number of hydrogen-bond donors (Lipinski definition) is 0. The number of halogens is 2. The van der Waals surface area contributed by atoms with Crippen molar-refractivity contribution in [1.82, 2.24) is 4.90 Å². The molecule has 7 nitrogen and oxygen atoms in total. The number of esters is 1. The second-order valence-corrected chi connectivity index (χ2v) is 11.9. The van der Waals surface area contributed by atoms with Crippen LogP contribution in [0.25, 0.3) is 6.08 Å². The molecule has 0 aliphatic carbocycles. The number of nitrogens with zero attached hydrogens (tertiary/aromatic N) is 3. The Labute approximate surface area is 249 Å². The van der Waals surface area contributed by atoms with Crippen molar-refractivity contribution < 1.29 is 19.1 Å². The van der Waals surface area contributed by atoms with Crippen LogP contribution in [-0.2, 0) is 14.3 Å². The third-order valence-corrected chi connectivity index (χ3v) is 8.57. The Hall–Kier alpha value is -1.80. The average Bonchev–Trinajstić information content (AvgIpc) is 3.18. The van der Waals surface area contributed by atoms with Crippen molar-refractivity contribution in [2.24, 2.45) is 4.99 Å². The number of anilines is 1.